The van der Waals surface area contributed by atoms with E-state index < -0.39 is 11.9 Å². The molecule has 0 aromatic carbocycles. The Bertz CT molecular complexity index is 1400. The average molecular weight is 669 g/mol. The minimum atomic E-state index is -0.624. The summed E-state index contributed by atoms with van der Waals surface area (Å²) < 4.78 is 13.8. The Balaban J connectivity index is 1.43. The Hall–Kier alpha value is -2.04. The van der Waals surface area contributed by atoms with Gasteiger partial charge in [0.1, 0.15) is 6.04 Å². The van der Waals surface area contributed by atoms with Crippen LogP contribution >= 0.6 is 0 Å². The van der Waals surface area contributed by atoms with Crippen LogP contribution in [-0.2, 0) is 14.3 Å². The Kier molecular flexibility index (Phi) is 8.97. The number of nitrogens with zero attached hydrogens (tertiary/aromatic N) is 5. The molecule has 1 saturated heterocycles. The van der Waals surface area contributed by atoms with Crippen LogP contribution in [0.15, 0.2) is 11.6 Å². The van der Waals surface area contributed by atoms with Gasteiger partial charge in [0, 0.05) is 16.9 Å². The molecule has 1 aromatic heterocycles. The first kappa shape index (κ1) is 35.8. The second-order valence-electron chi connectivity index (χ2n) is 18.6. The predicted octanol–water partition coefficient (Wildman–Crippen LogP) is 6.36. The monoisotopic (exact) mass is 668 g/mol. The van der Waals surface area contributed by atoms with E-state index in [1.165, 1.54) is 5.57 Å². The molecule has 5 aliphatic rings. The van der Waals surface area contributed by atoms with E-state index in [0.29, 0.717) is 49.4 Å². The molecular weight excluding hydrogens is 604 g/mol. The molecule has 3 N–H and O–H groups in total. The zero-order valence-corrected chi connectivity index (χ0v) is 31.6. The highest BCUT2D eigenvalue weighted by atomic mass is 16.5. The molecule has 0 amide bonds. The highest BCUT2D eigenvalue weighted by Crippen LogP contribution is 2.75. The van der Waals surface area contributed by atoms with Crippen molar-refractivity contribution in [2.45, 2.75) is 119 Å². The lowest BCUT2D eigenvalue weighted by Crippen LogP contribution is -2.69. The van der Waals surface area contributed by atoms with Crippen molar-refractivity contribution in [2.75, 3.05) is 39.6 Å². The van der Waals surface area contributed by atoms with Crippen LogP contribution in [0, 0.1) is 62.6 Å². The van der Waals surface area contributed by atoms with Crippen molar-refractivity contribution in [3.63, 3.8) is 0 Å². The highest BCUT2D eigenvalue weighted by molar-refractivity contribution is 5.73. The molecule has 1 unspecified atom stereocenters. The van der Waals surface area contributed by atoms with Gasteiger partial charge in [0.25, 0.3) is 5.95 Å². The fourth-order valence-corrected chi connectivity index (χ4v) is 12.6. The van der Waals surface area contributed by atoms with Gasteiger partial charge in [-0.15, -0.1) is 5.10 Å². The minimum absolute atomic E-state index is 0.140. The van der Waals surface area contributed by atoms with Gasteiger partial charge in [-0.3, -0.25) is 4.79 Å². The Morgan fingerprint density at radius 3 is 2.38 bits per heavy atom. The zero-order valence-electron chi connectivity index (χ0n) is 31.6. The molecule has 6 rings (SSSR count). The topological polar surface area (TPSA) is 129 Å². The SMILES string of the molecule is CC(C)[C@@H](CO[C@H]1[C@H](n2nnc(N)n2)CC23COC[C@@]1(C)[C@@H]2CC[C@H]1C3=CC[C@@]2(C)[C@H](C(=O)O)[C@@](C)([C@H](C)C(C)C)CC[C@]12C)N(C)C. The van der Waals surface area contributed by atoms with Crippen LogP contribution in [0.5, 0.6) is 0 Å². The van der Waals surface area contributed by atoms with E-state index in [1.807, 2.05) is 0 Å². The number of aliphatic carboxylic acids is 1. The summed E-state index contributed by atoms with van der Waals surface area (Å²) in [6, 6.07) is 0.121. The lowest BCUT2D eigenvalue weighted by Gasteiger charge is -2.71. The van der Waals surface area contributed by atoms with Crippen molar-refractivity contribution >= 4 is 11.9 Å². The van der Waals surface area contributed by atoms with E-state index in [-0.39, 0.29) is 51.2 Å². The highest BCUT2D eigenvalue weighted by Gasteiger charge is 2.72. The van der Waals surface area contributed by atoms with Crippen molar-refractivity contribution in [2.24, 2.45) is 62.6 Å². The number of anilines is 1. The van der Waals surface area contributed by atoms with Crippen LogP contribution in [0.4, 0.5) is 5.95 Å². The number of fused-ring (bicyclic) bond motifs is 3. The summed E-state index contributed by atoms with van der Waals surface area (Å²) in [6.45, 7) is 22.6. The van der Waals surface area contributed by atoms with Gasteiger partial charge in [0.05, 0.1) is 31.8 Å². The summed E-state index contributed by atoms with van der Waals surface area (Å²) in [4.78, 5) is 17.4. The number of carboxylic acids is 1. The number of carboxylic acid groups (broad SMARTS) is 1. The number of nitrogen functional groups attached to an aromatic ring is 1. The molecule has 48 heavy (non-hydrogen) atoms. The van der Waals surface area contributed by atoms with Crippen LogP contribution in [-0.4, -0.2) is 82.2 Å². The zero-order chi connectivity index (χ0) is 35.2. The number of rotatable bonds is 9. The predicted molar refractivity (Wildman–Crippen MR) is 187 cm³/mol. The van der Waals surface area contributed by atoms with Gasteiger partial charge in [-0.1, -0.05) is 79.1 Å². The molecule has 0 radical (unpaired) electrons. The van der Waals surface area contributed by atoms with Crippen LogP contribution in [0.1, 0.15) is 107 Å². The van der Waals surface area contributed by atoms with Crippen molar-refractivity contribution < 1.29 is 19.4 Å². The molecule has 10 nitrogen and oxygen atoms in total. The average Bonchev–Trinajstić information content (AvgIpc) is 3.43. The van der Waals surface area contributed by atoms with Gasteiger partial charge < -0.3 is 25.2 Å². The maximum atomic E-state index is 13.4. The second kappa shape index (κ2) is 12.0. The first-order chi connectivity index (χ1) is 22.4. The normalized spacial score (nSPS) is 43.7. The van der Waals surface area contributed by atoms with E-state index in [9.17, 15) is 9.90 Å². The molecule has 2 heterocycles. The van der Waals surface area contributed by atoms with Crippen LogP contribution in [0.25, 0.3) is 0 Å². The van der Waals surface area contributed by atoms with E-state index in [0.717, 1.165) is 38.5 Å². The molecule has 12 atom stereocenters. The quantitative estimate of drug-likeness (QED) is 0.289. The third-order valence-corrected chi connectivity index (χ3v) is 15.7. The van der Waals surface area contributed by atoms with Gasteiger partial charge in [-0.25, -0.2) is 0 Å². The van der Waals surface area contributed by atoms with E-state index in [4.69, 9.17) is 15.2 Å². The summed E-state index contributed by atoms with van der Waals surface area (Å²) in [6.07, 6.45) is 8.02. The maximum Gasteiger partial charge on any atom is 0.307 e. The molecular formula is C38H64N6O4. The molecule has 0 spiro atoms. The van der Waals surface area contributed by atoms with Crippen molar-refractivity contribution in [1.29, 1.82) is 0 Å². The molecule has 10 heteroatoms. The Morgan fingerprint density at radius 2 is 1.79 bits per heavy atom. The summed E-state index contributed by atoms with van der Waals surface area (Å²) in [7, 11) is 4.25. The summed E-state index contributed by atoms with van der Waals surface area (Å²) in [5.41, 5.74) is 6.34. The Labute approximate surface area is 288 Å². The third-order valence-electron chi connectivity index (χ3n) is 15.7. The maximum absolute atomic E-state index is 13.4. The summed E-state index contributed by atoms with van der Waals surface area (Å²) in [5.74, 6) is 0.985. The number of allylic oxidation sites excluding steroid dienone is 1. The summed E-state index contributed by atoms with van der Waals surface area (Å²) >= 11 is 0. The number of carbonyl (C=O) groups is 1. The molecule has 4 fully saturated rings. The van der Waals surface area contributed by atoms with Crippen molar-refractivity contribution in [3.05, 3.63) is 11.6 Å². The lowest BCUT2D eigenvalue weighted by molar-refractivity contribution is -0.253. The number of hydrogen-bond donors (Lipinski definition) is 2. The third kappa shape index (κ3) is 4.95. The van der Waals surface area contributed by atoms with Gasteiger partial charge in [-0.2, -0.15) is 4.80 Å². The second-order valence-corrected chi connectivity index (χ2v) is 18.6. The standard InChI is InChI=1S/C38H64N6O4/c1-22(2)24(5)34(6)16-17-36(8)25-12-13-29-35(7)20-47-21-38(29,26(25)14-15-37(36,9)30(34)32(45)46)18-27(44-41-33(39)40-42-44)31(35)48-19-28(23(3)4)43(10)11/h14,22-25,27-31H,12-13,15-21H2,1-11H3,(H2,39,41)(H,45,46)/t24-,25+,27-,28-,29+,30-,31+,34-,35+,36-,37+,38?/m1/s1. The lowest BCUT2D eigenvalue weighted by atomic mass is 9.34. The van der Waals surface area contributed by atoms with Gasteiger partial charge in [0.2, 0.25) is 0 Å². The number of tetrazole rings is 1. The number of aromatic nitrogens is 4. The van der Waals surface area contributed by atoms with E-state index in [1.54, 1.807) is 4.80 Å². The number of likely N-dealkylation sites (N-methyl/N-ethyl adjacent to an activating group) is 1. The molecule has 1 aromatic rings. The van der Waals surface area contributed by atoms with Crippen molar-refractivity contribution in [1.82, 2.24) is 25.1 Å². The molecule has 2 bridgehead atoms. The summed E-state index contributed by atoms with van der Waals surface area (Å²) in [5, 5.41) is 24.2. The largest absolute Gasteiger partial charge is 0.481 e. The minimum Gasteiger partial charge on any atom is -0.481 e. The number of nitrogens with two attached hydrogens (primary N) is 1. The van der Waals surface area contributed by atoms with Gasteiger partial charge in [-0.05, 0) is 104 Å². The van der Waals surface area contributed by atoms with Crippen LogP contribution in [0.2, 0.25) is 0 Å². The Morgan fingerprint density at radius 1 is 1.08 bits per heavy atom. The van der Waals surface area contributed by atoms with E-state index in [2.05, 4.69) is 103 Å². The van der Waals surface area contributed by atoms with E-state index >= 15 is 0 Å². The van der Waals surface area contributed by atoms with Gasteiger partial charge in [0.15, 0.2) is 0 Å². The molecule has 4 aliphatic carbocycles. The smallest absolute Gasteiger partial charge is 0.307 e. The first-order valence-electron chi connectivity index (χ1n) is 18.7. The fraction of sp³-hybridized carbons (Fsp3) is 0.895. The molecule has 1 aliphatic heterocycles. The van der Waals surface area contributed by atoms with Gasteiger partial charge >= 0.3 is 5.97 Å². The number of hydrogen-bond acceptors (Lipinski definition) is 8. The molecule has 3 saturated carbocycles. The number of ether oxygens (including phenoxy) is 2. The first-order valence-corrected chi connectivity index (χ1v) is 18.7. The van der Waals surface area contributed by atoms with Crippen LogP contribution in [0.3, 0.4) is 0 Å². The van der Waals surface area contributed by atoms with Crippen molar-refractivity contribution in [3.8, 4) is 0 Å². The molecule has 270 valence electrons. The van der Waals surface area contributed by atoms with Crippen LogP contribution < -0.4 is 5.73 Å². The fourth-order valence-electron chi connectivity index (χ4n) is 12.6.